The Hall–Kier alpha value is -2.58. The van der Waals surface area contributed by atoms with Crippen molar-refractivity contribution in [2.75, 3.05) is 7.11 Å². The molecule has 2 N–H and O–H groups in total. The summed E-state index contributed by atoms with van der Waals surface area (Å²) in [6.45, 7) is 1.89. The van der Waals surface area contributed by atoms with Crippen molar-refractivity contribution in [3.63, 3.8) is 0 Å². The normalized spacial score (nSPS) is 11.5. The molecule has 0 bridgehead atoms. The lowest BCUT2D eigenvalue weighted by Crippen LogP contribution is -2.05. The molecule has 1 aromatic carbocycles. The summed E-state index contributed by atoms with van der Waals surface area (Å²) in [7, 11) is 1.54. The van der Waals surface area contributed by atoms with Crippen LogP contribution >= 0.6 is 0 Å². The lowest BCUT2D eigenvalue weighted by Gasteiger charge is -2.09. The van der Waals surface area contributed by atoms with Gasteiger partial charge in [-0.3, -0.25) is 0 Å². The van der Waals surface area contributed by atoms with E-state index in [1.54, 1.807) is 30.5 Å². The highest BCUT2D eigenvalue weighted by Crippen LogP contribution is 2.26. The molecule has 0 amide bonds. The first-order valence-electron chi connectivity index (χ1n) is 6.11. The summed E-state index contributed by atoms with van der Waals surface area (Å²) in [4.78, 5) is 4.18. The van der Waals surface area contributed by atoms with Crippen LogP contribution in [0.15, 0.2) is 36.5 Å². The number of hydrogen-bond donors (Lipinski definition) is 1. The van der Waals surface area contributed by atoms with E-state index in [1.165, 1.54) is 7.11 Å². The van der Waals surface area contributed by atoms with Crippen LogP contribution in [0.2, 0.25) is 0 Å². The van der Waals surface area contributed by atoms with Gasteiger partial charge in [-0.05, 0) is 24.6 Å². The summed E-state index contributed by atoms with van der Waals surface area (Å²) in [6.07, 6.45) is 1.67. The summed E-state index contributed by atoms with van der Waals surface area (Å²) < 4.78 is 10.7. The fourth-order valence-corrected chi connectivity index (χ4v) is 1.66. The van der Waals surface area contributed by atoms with E-state index in [9.17, 15) is 0 Å². The fraction of sp³-hybridized carbons (Fsp3) is 0.200. The van der Waals surface area contributed by atoms with Gasteiger partial charge < -0.3 is 15.2 Å². The quantitative estimate of drug-likeness (QED) is 0.923. The van der Waals surface area contributed by atoms with Gasteiger partial charge in [-0.2, -0.15) is 5.26 Å². The Balaban J connectivity index is 2.23. The minimum absolute atomic E-state index is 0.0708. The molecule has 5 heteroatoms. The second-order valence-corrected chi connectivity index (χ2v) is 4.33. The average Bonchev–Trinajstić information content (AvgIpc) is 2.47. The molecule has 0 saturated heterocycles. The van der Waals surface area contributed by atoms with Crippen molar-refractivity contribution < 1.29 is 9.47 Å². The van der Waals surface area contributed by atoms with E-state index in [2.05, 4.69) is 11.1 Å². The van der Waals surface area contributed by atoms with E-state index in [0.29, 0.717) is 22.9 Å². The maximum absolute atomic E-state index is 8.95. The molecular weight excluding hydrogens is 254 g/mol. The third-order valence-corrected chi connectivity index (χ3v) is 2.75. The molecule has 0 radical (unpaired) electrons. The number of pyridine rings is 1. The van der Waals surface area contributed by atoms with E-state index in [1.807, 2.05) is 13.0 Å². The number of nitrogens with zero attached hydrogens (tertiary/aromatic N) is 2. The van der Waals surface area contributed by atoms with Gasteiger partial charge in [0.05, 0.1) is 18.7 Å². The Morgan fingerprint density at radius 2 is 2.00 bits per heavy atom. The molecule has 0 aliphatic heterocycles. The molecule has 20 heavy (non-hydrogen) atoms. The van der Waals surface area contributed by atoms with Crippen LogP contribution in [0.5, 0.6) is 17.4 Å². The summed E-state index contributed by atoms with van der Waals surface area (Å²) in [5, 5.41) is 8.95. The Bertz CT molecular complexity index is 631. The van der Waals surface area contributed by atoms with Crippen molar-refractivity contribution in [3.05, 3.63) is 47.7 Å². The molecule has 1 aromatic heterocycles. The number of ether oxygens (including phenoxy) is 2. The second kappa shape index (κ2) is 6.04. The van der Waals surface area contributed by atoms with Crippen LogP contribution in [0.25, 0.3) is 0 Å². The first-order chi connectivity index (χ1) is 9.62. The Morgan fingerprint density at radius 3 is 2.55 bits per heavy atom. The van der Waals surface area contributed by atoms with Crippen LogP contribution in [-0.4, -0.2) is 12.1 Å². The largest absolute Gasteiger partial charge is 0.497 e. The van der Waals surface area contributed by atoms with Gasteiger partial charge in [-0.1, -0.05) is 6.07 Å². The average molecular weight is 269 g/mol. The van der Waals surface area contributed by atoms with Crippen molar-refractivity contribution >= 4 is 0 Å². The van der Waals surface area contributed by atoms with Crippen molar-refractivity contribution in [3.8, 4) is 23.4 Å². The van der Waals surface area contributed by atoms with Gasteiger partial charge in [0.1, 0.15) is 11.5 Å². The van der Waals surface area contributed by atoms with Crippen molar-refractivity contribution in [1.29, 1.82) is 5.26 Å². The van der Waals surface area contributed by atoms with Crippen LogP contribution in [0, 0.1) is 11.3 Å². The number of nitrogens with two attached hydrogens (primary N) is 1. The first kappa shape index (κ1) is 13.8. The van der Waals surface area contributed by atoms with Crippen molar-refractivity contribution in [1.82, 2.24) is 4.98 Å². The minimum Gasteiger partial charge on any atom is -0.497 e. The van der Waals surface area contributed by atoms with E-state index in [4.69, 9.17) is 20.5 Å². The highest BCUT2D eigenvalue weighted by Gasteiger charge is 2.05. The molecule has 0 aliphatic rings. The zero-order chi connectivity index (χ0) is 14.5. The van der Waals surface area contributed by atoms with Gasteiger partial charge in [0.2, 0.25) is 5.88 Å². The van der Waals surface area contributed by atoms with Crippen LogP contribution in [0.3, 0.4) is 0 Å². The summed E-state index contributed by atoms with van der Waals surface area (Å²) >= 11 is 0. The molecule has 2 rings (SSSR count). The van der Waals surface area contributed by atoms with Gasteiger partial charge in [-0.15, -0.1) is 0 Å². The minimum atomic E-state index is -0.0708. The topological polar surface area (TPSA) is 81.2 Å². The Kier molecular flexibility index (Phi) is 4.18. The zero-order valence-corrected chi connectivity index (χ0v) is 11.3. The second-order valence-electron chi connectivity index (χ2n) is 4.33. The number of aromatic nitrogens is 1. The van der Waals surface area contributed by atoms with Gasteiger partial charge >= 0.3 is 0 Å². The molecule has 0 unspecified atom stereocenters. The maximum atomic E-state index is 8.95. The van der Waals surface area contributed by atoms with E-state index >= 15 is 0 Å². The van der Waals surface area contributed by atoms with Crippen LogP contribution < -0.4 is 15.2 Å². The lowest BCUT2D eigenvalue weighted by atomic mass is 10.2. The van der Waals surface area contributed by atoms with E-state index in [0.717, 1.165) is 5.56 Å². The summed E-state index contributed by atoms with van der Waals surface area (Å²) in [5.41, 5.74) is 7.15. The first-order valence-corrected chi connectivity index (χ1v) is 6.11. The molecule has 0 fully saturated rings. The van der Waals surface area contributed by atoms with Gasteiger partial charge in [-0.25, -0.2) is 4.98 Å². The zero-order valence-electron chi connectivity index (χ0n) is 11.3. The molecule has 1 atom stereocenters. The number of benzene rings is 1. The van der Waals surface area contributed by atoms with E-state index < -0.39 is 0 Å². The third kappa shape index (κ3) is 3.25. The Morgan fingerprint density at radius 1 is 1.25 bits per heavy atom. The summed E-state index contributed by atoms with van der Waals surface area (Å²) in [5.74, 6) is 1.50. The van der Waals surface area contributed by atoms with Crippen molar-refractivity contribution in [2.24, 2.45) is 5.73 Å². The molecule has 0 aliphatic carbocycles. The van der Waals surface area contributed by atoms with Crippen LogP contribution in [0.1, 0.15) is 24.1 Å². The molecular formula is C15H15N3O2. The van der Waals surface area contributed by atoms with Crippen LogP contribution in [-0.2, 0) is 0 Å². The number of methoxy groups -OCH3 is 1. The lowest BCUT2D eigenvalue weighted by molar-refractivity contribution is 0.407. The third-order valence-electron chi connectivity index (χ3n) is 2.75. The highest BCUT2D eigenvalue weighted by molar-refractivity contribution is 5.45. The summed E-state index contributed by atoms with van der Waals surface area (Å²) in [6, 6.07) is 10.5. The smallest absolute Gasteiger partial charge is 0.219 e. The number of hydrogen-bond acceptors (Lipinski definition) is 5. The Labute approximate surface area is 117 Å². The molecule has 1 heterocycles. The van der Waals surface area contributed by atoms with Gasteiger partial charge in [0.15, 0.2) is 0 Å². The molecule has 5 nitrogen and oxygen atoms in total. The number of rotatable bonds is 4. The fourth-order valence-electron chi connectivity index (χ4n) is 1.66. The van der Waals surface area contributed by atoms with Gasteiger partial charge in [0, 0.05) is 24.4 Å². The van der Waals surface area contributed by atoms with Crippen molar-refractivity contribution in [2.45, 2.75) is 13.0 Å². The standard InChI is InChI=1S/C15H15N3O2/c1-10(17)12-3-4-15(18-9-12)20-14-6-11(8-16)5-13(7-14)19-2/h3-7,9-10H,17H2,1-2H3/t10-/m1/s1. The highest BCUT2D eigenvalue weighted by atomic mass is 16.5. The molecule has 0 saturated carbocycles. The predicted molar refractivity (Wildman–Crippen MR) is 74.6 cm³/mol. The monoisotopic (exact) mass is 269 g/mol. The predicted octanol–water partition coefficient (Wildman–Crippen LogP) is 2.77. The van der Waals surface area contributed by atoms with Crippen LogP contribution in [0.4, 0.5) is 0 Å². The van der Waals surface area contributed by atoms with E-state index in [-0.39, 0.29) is 6.04 Å². The maximum Gasteiger partial charge on any atom is 0.219 e. The van der Waals surface area contributed by atoms with Gasteiger partial charge in [0.25, 0.3) is 0 Å². The SMILES string of the molecule is COc1cc(C#N)cc(Oc2ccc([C@@H](C)N)cn2)c1. The molecule has 2 aromatic rings. The molecule has 102 valence electrons. The number of nitriles is 1. The molecule has 0 spiro atoms.